The Morgan fingerprint density at radius 1 is 1.19 bits per heavy atom. The molecule has 1 amide bonds. The van der Waals surface area contributed by atoms with E-state index in [0.29, 0.717) is 48.1 Å². The fourth-order valence-electron chi connectivity index (χ4n) is 3.72. The summed E-state index contributed by atoms with van der Waals surface area (Å²) in [4.78, 5) is 40.7. The summed E-state index contributed by atoms with van der Waals surface area (Å²) in [6.07, 6.45) is 3.28. The van der Waals surface area contributed by atoms with Crippen molar-refractivity contribution in [3.63, 3.8) is 0 Å². The lowest BCUT2D eigenvalue weighted by molar-refractivity contribution is 0.0567. The average molecular weight is 416 g/mol. The van der Waals surface area contributed by atoms with Crippen molar-refractivity contribution in [1.82, 2.24) is 29.6 Å². The van der Waals surface area contributed by atoms with Gasteiger partial charge >= 0.3 is 0 Å². The zero-order chi connectivity index (χ0) is 21.5. The van der Waals surface area contributed by atoms with E-state index in [2.05, 4.69) is 20.1 Å². The third kappa shape index (κ3) is 3.27. The molecule has 31 heavy (non-hydrogen) atoms. The zero-order valence-electron chi connectivity index (χ0n) is 17.1. The van der Waals surface area contributed by atoms with Gasteiger partial charge in [-0.15, -0.1) is 0 Å². The van der Waals surface area contributed by atoms with Crippen molar-refractivity contribution >= 4 is 16.9 Å². The summed E-state index contributed by atoms with van der Waals surface area (Å²) in [5, 5.41) is 4.43. The van der Waals surface area contributed by atoms with E-state index < -0.39 is 0 Å². The number of amides is 1. The number of carbonyl (C=O) groups excluding carboxylic acids is 1. The molecule has 0 aromatic carbocycles. The highest BCUT2D eigenvalue weighted by molar-refractivity contribution is 5.97. The number of nitrogens with zero attached hydrogens (tertiary/aromatic N) is 6. The summed E-state index contributed by atoms with van der Waals surface area (Å²) >= 11 is 0. The van der Waals surface area contributed by atoms with Crippen LogP contribution in [0.3, 0.4) is 0 Å². The molecule has 5 rings (SSSR count). The van der Waals surface area contributed by atoms with E-state index in [0.717, 1.165) is 5.69 Å². The van der Waals surface area contributed by atoms with Crippen LogP contribution in [0.15, 0.2) is 52.0 Å². The molecule has 156 valence electrons. The molecule has 4 aromatic rings. The van der Waals surface area contributed by atoms with Gasteiger partial charge in [-0.05, 0) is 38.1 Å². The van der Waals surface area contributed by atoms with Crippen molar-refractivity contribution in [2.45, 2.75) is 26.3 Å². The molecule has 0 saturated carbocycles. The van der Waals surface area contributed by atoms with Gasteiger partial charge in [0.1, 0.15) is 16.9 Å². The molecule has 0 spiro atoms. The monoisotopic (exact) mass is 416 g/mol. The summed E-state index contributed by atoms with van der Waals surface area (Å²) in [7, 11) is 0. The molecule has 0 radical (unpaired) electrons. The van der Waals surface area contributed by atoms with E-state index in [-0.39, 0.29) is 22.8 Å². The van der Waals surface area contributed by atoms with Crippen LogP contribution in [0.1, 0.15) is 34.8 Å². The smallest absolute Gasteiger partial charge is 0.259 e. The molecule has 0 atom stereocenters. The summed E-state index contributed by atoms with van der Waals surface area (Å²) in [6.45, 7) is 5.27. The van der Waals surface area contributed by atoms with E-state index in [1.165, 1.54) is 0 Å². The van der Waals surface area contributed by atoms with Crippen molar-refractivity contribution in [3.05, 3.63) is 70.1 Å². The van der Waals surface area contributed by atoms with Gasteiger partial charge in [-0.25, -0.2) is 4.98 Å². The first-order valence-corrected chi connectivity index (χ1v) is 10.1. The second-order valence-electron chi connectivity index (χ2n) is 7.56. The SMILES string of the molecule is CCn1cc(C(=O)N2CC(c3nc(-c4ccccn4)no3)C2)c(=O)c2ccc(C)nc21. The molecule has 5 heterocycles. The van der Waals surface area contributed by atoms with Gasteiger partial charge in [-0.3, -0.25) is 14.6 Å². The maximum atomic E-state index is 13.0. The summed E-state index contributed by atoms with van der Waals surface area (Å²) < 4.78 is 7.21. The molecule has 1 fully saturated rings. The highest BCUT2D eigenvalue weighted by atomic mass is 16.5. The van der Waals surface area contributed by atoms with E-state index in [1.54, 1.807) is 35.5 Å². The number of aromatic nitrogens is 5. The second kappa shape index (κ2) is 7.42. The van der Waals surface area contributed by atoms with Crippen LogP contribution in [-0.2, 0) is 6.54 Å². The molecule has 0 unspecified atom stereocenters. The first-order chi connectivity index (χ1) is 15.0. The number of likely N-dealkylation sites (tertiary alicyclic amines) is 1. The average Bonchev–Trinajstić information content (AvgIpc) is 3.23. The topological polar surface area (TPSA) is 107 Å². The minimum absolute atomic E-state index is 0.0629. The highest BCUT2D eigenvalue weighted by Crippen LogP contribution is 2.28. The minimum atomic E-state index is -0.296. The third-order valence-corrected chi connectivity index (χ3v) is 5.49. The van der Waals surface area contributed by atoms with Crippen LogP contribution < -0.4 is 5.43 Å². The molecule has 1 saturated heterocycles. The van der Waals surface area contributed by atoms with Gasteiger partial charge < -0.3 is 14.0 Å². The molecule has 0 bridgehead atoms. The van der Waals surface area contributed by atoms with Gasteiger partial charge in [0.2, 0.25) is 17.1 Å². The Morgan fingerprint density at radius 3 is 2.77 bits per heavy atom. The van der Waals surface area contributed by atoms with E-state index in [9.17, 15) is 9.59 Å². The molecule has 9 nitrogen and oxygen atoms in total. The Balaban J connectivity index is 1.37. The van der Waals surface area contributed by atoms with Gasteiger partial charge in [0, 0.05) is 37.7 Å². The molecule has 4 aromatic heterocycles. The van der Waals surface area contributed by atoms with Crippen LogP contribution in [0.5, 0.6) is 0 Å². The molecule has 1 aliphatic heterocycles. The van der Waals surface area contributed by atoms with Gasteiger partial charge in [-0.1, -0.05) is 11.2 Å². The van der Waals surface area contributed by atoms with Crippen LogP contribution in [0, 0.1) is 6.92 Å². The van der Waals surface area contributed by atoms with E-state index in [4.69, 9.17) is 4.52 Å². The maximum Gasteiger partial charge on any atom is 0.259 e. The van der Waals surface area contributed by atoms with Crippen molar-refractivity contribution in [2.24, 2.45) is 0 Å². The first-order valence-electron chi connectivity index (χ1n) is 10.1. The van der Waals surface area contributed by atoms with Crippen molar-refractivity contribution in [2.75, 3.05) is 13.1 Å². The number of hydrogen-bond donors (Lipinski definition) is 0. The fraction of sp³-hybridized carbons (Fsp3) is 0.273. The molecule has 0 aliphatic carbocycles. The Labute approximate surface area is 177 Å². The number of pyridine rings is 3. The predicted molar refractivity (Wildman–Crippen MR) is 113 cm³/mol. The lowest BCUT2D eigenvalue weighted by Gasteiger charge is -2.37. The number of hydrogen-bond acceptors (Lipinski definition) is 7. The molecule has 1 aliphatic rings. The number of rotatable bonds is 4. The Kier molecular flexibility index (Phi) is 4.58. The first kappa shape index (κ1) is 19.1. The maximum absolute atomic E-state index is 13.0. The van der Waals surface area contributed by atoms with Gasteiger partial charge in [-0.2, -0.15) is 4.98 Å². The Bertz CT molecular complexity index is 1340. The van der Waals surface area contributed by atoms with Crippen LogP contribution >= 0.6 is 0 Å². The van der Waals surface area contributed by atoms with Crippen LogP contribution in [0.2, 0.25) is 0 Å². The molecular formula is C22H20N6O3. The van der Waals surface area contributed by atoms with E-state index in [1.807, 2.05) is 30.5 Å². The Morgan fingerprint density at radius 2 is 2.03 bits per heavy atom. The van der Waals surface area contributed by atoms with Crippen molar-refractivity contribution < 1.29 is 9.32 Å². The normalized spacial score (nSPS) is 14.1. The Hall–Kier alpha value is -3.88. The number of carbonyl (C=O) groups is 1. The quantitative estimate of drug-likeness (QED) is 0.503. The lowest BCUT2D eigenvalue weighted by atomic mass is 9.98. The van der Waals surface area contributed by atoms with Gasteiger partial charge in [0.25, 0.3) is 5.91 Å². The van der Waals surface area contributed by atoms with Crippen LogP contribution in [-0.4, -0.2) is 48.6 Å². The molecular weight excluding hydrogens is 396 g/mol. The summed E-state index contributed by atoms with van der Waals surface area (Å²) in [6, 6.07) is 8.99. The fourth-order valence-corrected chi connectivity index (χ4v) is 3.72. The predicted octanol–water partition coefficient (Wildman–Crippen LogP) is 2.41. The van der Waals surface area contributed by atoms with Crippen molar-refractivity contribution in [1.29, 1.82) is 0 Å². The third-order valence-electron chi connectivity index (χ3n) is 5.49. The van der Waals surface area contributed by atoms with Crippen LogP contribution in [0.4, 0.5) is 0 Å². The van der Waals surface area contributed by atoms with Crippen LogP contribution in [0.25, 0.3) is 22.6 Å². The van der Waals surface area contributed by atoms with Gasteiger partial charge in [0.15, 0.2) is 0 Å². The zero-order valence-corrected chi connectivity index (χ0v) is 17.1. The summed E-state index contributed by atoms with van der Waals surface area (Å²) in [5.74, 6) is 0.528. The molecule has 9 heteroatoms. The largest absolute Gasteiger partial charge is 0.338 e. The standard InChI is InChI=1S/C22H20N6O3/c1-3-27-12-16(18(29)15-8-7-13(2)24-20(15)27)22(30)28-10-14(11-28)21-25-19(26-31-21)17-6-4-5-9-23-17/h4-9,12,14H,3,10-11H2,1-2H3. The number of fused-ring (bicyclic) bond motifs is 1. The van der Waals surface area contributed by atoms with E-state index >= 15 is 0 Å². The highest BCUT2D eigenvalue weighted by Gasteiger charge is 2.37. The van der Waals surface area contributed by atoms with Crippen molar-refractivity contribution in [3.8, 4) is 11.5 Å². The summed E-state index contributed by atoms with van der Waals surface area (Å²) in [5.41, 5.74) is 1.90. The van der Waals surface area contributed by atoms with Gasteiger partial charge in [0.05, 0.1) is 11.3 Å². The minimum Gasteiger partial charge on any atom is -0.338 e. The lowest BCUT2D eigenvalue weighted by Crippen LogP contribution is -2.49. The molecule has 0 N–H and O–H groups in total. The number of aryl methyl sites for hydroxylation is 2. The second-order valence-corrected chi connectivity index (χ2v) is 7.56.